The highest BCUT2D eigenvalue weighted by Crippen LogP contribution is 2.23. The van der Waals surface area contributed by atoms with Crippen LogP contribution < -0.4 is 15.6 Å². The fourth-order valence-electron chi connectivity index (χ4n) is 2.60. The van der Waals surface area contributed by atoms with Crippen LogP contribution >= 0.6 is 11.8 Å². The molecule has 1 aromatic heterocycles. The molecule has 29 heavy (non-hydrogen) atoms. The zero-order valence-electron chi connectivity index (χ0n) is 16.2. The molecule has 3 rings (SSSR count). The van der Waals surface area contributed by atoms with Crippen molar-refractivity contribution < 1.29 is 9.53 Å². The number of para-hydroxylation sites is 1. The van der Waals surface area contributed by atoms with E-state index < -0.39 is 0 Å². The van der Waals surface area contributed by atoms with Crippen molar-refractivity contribution in [2.24, 2.45) is 0 Å². The molecule has 0 saturated carbocycles. The van der Waals surface area contributed by atoms with Crippen LogP contribution in [0.15, 0.2) is 70.6 Å². The minimum atomic E-state index is -0.192. The highest BCUT2D eigenvalue weighted by molar-refractivity contribution is 7.99. The van der Waals surface area contributed by atoms with Gasteiger partial charge in [0.2, 0.25) is 5.91 Å². The van der Waals surface area contributed by atoms with Crippen LogP contribution in [0.3, 0.4) is 0 Å². The number of nitrogens with zero attached hydrogens (tertiary/aromatic N) is 1. The van der Waals surface area contributed by atoms with Gasteiger partial charge in [0.25, 0.3) is 5.56 Å². The first-order valence-corrected chi connectivity index (χ1v) is 10.5. The zero-order valence-corrected chi connectivity index (χ0v) is 17.0. The molecule has 1 amide bonds. The van der Waals surface area contributed by atoms with Crippen molar-refractivity contribution in [3.05, 3.63) is 76.7 Å². The first kappa shape index (κ1) is 20.7. The first-order valence-electron chi connectivity index (χ1n) is 9.48. The number of carbonyl (C=O) groups excluding carboxylic acids is 1. The summed E-state index contributed by atoms with van der Waals surface area (Å²) in [4.78, 5) is 31.1. The summed E-state index contributed by atoms with van der Waals surface area (Å²) in [6.07, 6.45) is 2.77. The molecule has 0 spiro atoms. The lowest BCUT2D eigenvalue weighted by Gasteiger charge is -2.08. The van der Waals surface area contributed by atoms with E-state index in [1.807, 2.05) is 30.3 Å². The summed E-state index contributed by atoms with van der Waals surface area (Å²) < 4.78 is 5.74. The Labute approximate surface area is 173 Å². The second-order valence-electron chi connectivity index (χ2n) is 6.42. The van der Waals surface area contributed by atoms with Crippen molar-refractivity contribution >= 4 is 23.4 Å². The van der Waals surface area contributed by atoms with Crippen molar-refractivity contribution in [1.82, 2.24) is 9.97 Å². The standard InChI is InChI=1S/C22H23N3O3S/c1-2-3-7-17-14-20(26)25-22(24-17)29-15-21(27)23-16-10-12-19(13-11-16)28-18-8-5-4-6-9-18/h4-6,8-14H,2-3,7,15H2,1H3,(H,23,27)(H,24,25,26). The summed E-state index contributed by atoms with van der Waals surface area (Å²) in [7, 11) is 0. The van der Waals surface area contributed by atoms with Gasteiger partial charge in [-0.05, 0) is 49.2 Å². The molecule has 7 heteroatoms. The molecule has 0 aliphatic rings. The molecular formula is C22H23N3O3S. The van der Waals surface area contributed by atoms with Gasteiger partial charge in [0, 0.05) is 17.4 Å². The van der Waals surface area contributed by atoms with Crippen molar-refractivity contribution in [3.8, 4) is 11.5 Å². The topological polar surface area (TPSA) is 84.1 Å². The van der Waals surface area contributed by atoms with E-state index >= 15 is 0 Å². The molecular weight excluding hydrogens is 386 g/mol. The molecule has 0 unspecified atom stereocenters. The number of ether oxygens (including phenoxy) is 1. The van der Waals surface area contributed by atoms with Gasteiger partial charge in [-0.15, -0.1) is 0 Å². The Hall–Kier alpha value is -3.06. The number of amides is 1. The van der Waals surface area contributed by atoms with Gasteiger partial charge in [-0.1, -0.05) is 43.3 Å². The van der Waals surface area contributed by atoms with Crippen LogP contribution in [0.4, 0.5) is 5.69 Å². The van der Waals surface area contributed by atoms with Gasteiger partial charge in [-0.25, -0.2) is 4.98 Å². The number of H-pyrrole nitrogens is 1. The number of carbonyl (C=O) groups is 1. The van der Waals surface area contributed by atoms with E-state index in [0.717, 1.165) is 30.7 Å². The second kappa shape index (κ2) is 10.5. The smallest absolute Gasteiger partial charge is 0.251 e. The van der Waals surface area contributed by atoms with E-state index in [0.29, 0.717) is 16.6 Å². The highest BCUT2D eigenvalue weighted by atomic mass is 32.2. The average Bonchev–Trinajstić information content (AvgIpc) is 2.73. The molecule has 0 aliphatic heterocycles. The van der Waals surface area contributed by atoms with Gasteiger partial charge >= 0.3 is 0 Å². The number of nitrogens with one attached hydrogen (secondary N) is 2. The number of unbranched alkanes of at least 4 members (excludes halogenated alkanes) is 1. The first-order chi connectivity index (χ1) is 14.1. The predicted molar refractivity (Wildman–Crippen MR) is 116 cm³/mol. The monoisotopic (exact) mass is 409 g/mol. The molecule has 0 fully saturated rings. The lowest BCUT2D eigenvalue weighted by Crippen LogP contribution is -2.15. The zero-order chi connectivity index (χ0) is 20.5. The van der Waals surface area contributed by atoms with E-state index in [4.69, 9.17) is 4.74 Å². The van der Waals surface area contributed by atoms with Crippen LogP contribution in [0.25, 0.3) is 0 Å². The predicted octanol–water partition coefficient (Wildman–Crippen LogP) is 4.64. The van der Waals surface area contributed by atoms with Gasteiger partial charge in [0.15, 0.2) is 5.16 Å². The quantitative estimate of drug-likeness (QED) is 0.397. The number of hydrogen-bond donors (Lipinski definition) is 2. The summed E-state index contributed by atoms with van der Waals surface area (Å²) in [6.45, 7) is 2.09. The third-order valence-electron chi connectivity index (χ3n) is 4.02. The van der Waals surface area contributed by atoms with Crippen LogP contribution in [0.1, 0.15) is 25.5 Å². The minimum absolute atomic E-state index is 0.155. The SMILES string of the molecule is CCCCc1cc(=O)[nH]c(SCC(=O)Nc2ccc(Oc3ccccc3)cc2)n1. The van der Waals surface area contributed by atoms with E-state index in [9.17, 15) is 9.59 Å². The normalized spacial score (nSPS) is 10.5. The Morgan fingerprint density at radius 3 is 2.55 bits per heavy atom. The van der Waals surface area contributed by atoms with Crippen LogP contribution in [0.2, 0.25) is 0 Å². The van der Waals surface area contributed by atoms with Crippen LogP contribution in [-0.2, 0) is 11.2 Å². The molecule has 3 aromatic rings. The lowest BCUT2D eigenvalue weighted by atomic mass is 10.2. The number of benzene rings is 2. The maximum atomic E-state index is 12.2. The Morgan fingerprint density at radius 1 is 1.10 bits per heavy atom. The lowest BCUT2D eigenvalue weighted by molar-refractivity contribution is -0.113. The van der Waals surface area contributed by atoms with Crippen LogP contribution in [-0.4, -0.2) is 21.6 Å². The number of aryl methyl sites for hydroxylation is 1. The van der Waals surface area contributed by atoms with Gasteiger partial charge in [-0.3, -0.25) is 9.59 Å². The van der Waals surface area contributed by atoms with Gasteiger partial charge < -0.3 is 15.0 Å². The Morgan fingerprint density at radius 2 is 1.83 bits per heavy atom. The van der Waals surface area contributed by atoms with Crippen LogP contribution in [0.5, 0.6) is 11.5 Å². The third kappa shape index (κ3) is 6.80. The number of aromatic amines is 1. The summed E-state index contributed by atoms with van der Waals surface area (Å²) in [6, 6.07) is 18.2. The third-order valence-corrected chi connectivity index (χ3v) is 4.89. The fraction of sp³-hybridized carbons (Fsp3) is 0.227. The second-order valence-corrected chi connectivity index (χ2v) is 7.39. The average molecular weight is 410 g/mol. The summed E-state index contributed by atoms with van der Waals surface area (Å²) >= 11 is 1.21. The van der Waals surface area contributed by atoms with Gasteiger partial charge in [0.1, 0.15) is 11.5 Å². The van der Waals surface area contributed by atoms with Gasteiger partial charge in [-0.2, -0.15) is 0 Å². The van der Waals surface area contributed by atoms with E-state index in [1.54, 1.807) is 24.3 Å². The molecule has 1 heterocycles. The Balaban J connectivity index is 1.52. The summed E-state index contributed by atoms with van der Waals surface area (Å²) in [5.74, 6) is 1.42. The molecule has 0 saturated heterocycles. The molecule has 150 valence electrons. The minimum Gasteiger partial charge on any atom is -0.457 e. The van der Waals surface area contributed by atoms with E-state index in [2.05, 4.69) is 22.2 Å². The summed E-state index contributed by atoms with van der Waals surface area (Å²) in [5.41, 5.74) is 1.24. The van der Waals surface area contributed by atoms with Crippen molar-refractivity contribution in [2.45, 2.75) is 31.3 Å². The van der Waals surface area contributed by atoms with Crippen LogP contribution in [0, 0.1) is 0 Å². The fourth-order valence-corrected chi connectivity index (χ4v) is 3.29. The Bertz CT molecular complexity index is 988. The summed E-state index contributed by atoms with van der Waals surface area (Å²) in [5, 5.41) is 3.29. The van der Waals surface area contributed by atoms with Crippen molar-refractivity contribution in [2.75, 3.05) is 11.1 Å². The maximum absolute atomic E-state index is 12.2. The van der Waals surface area contributed by atoms with Gasteiger partial charge in [0.05, 0.1) is 5.75 Å². The molecule has 2 aromatic carbocycles. The molecule has 0 atom stereocenters. The molecule has 2 N–H and O–H groups in total. The number of aromatic nitrogens is 2. The number of rotatable bonds is 9. The largest absolute Gasteiger partial charge is 0.457 e. The number of anilines is 1. The Kier molecular flexibility index (Phi) is 7.47. The number of hydrogen-bond acceptors (Lipinski definition) is 5. The highest BCUT2D eigenvalue weighted by Gasteiger charge is 2.07. The molecule has 0 radical (unpaired) electrons. The van der Waals surface area contributed by atoms with Crippen molar-refractivity contribution in [3.63, 3.8) is 0 Å². The van der Waals surface area contributed by atoms with Crippen molar-refractivity contribution in [1.29, 1.82) is 0 Å². The maximum Gasteiger partial charge on any atom is 0.251 e. The molecule has 0 bridgehead atoms. The molecule has 6 nitrogen and oxygen atoms in total. The van der Waals surface area contributed by atoms with E-state index in [1.165, 1.54) is 17.8 Å². The molecule has 0 aliphatic carbocycles. The number of thioether (sulfide) groups is 1. The van der Waals surface area contributed by atoms with E-state index in [-0.39, 0.29) is 17.2 Å².